The number of benzene rings is 2. The molecule has 2 aromatic rings. The Morgan fingerprint density at radius 2 is 1.74 bits per heavy atom. The van der Waals surface area contributed by atoms with Crippen LogP contribution in [0.2, 0.25) is 10.0 Å². The molecular weight excluding hydrogens is 352 g/mol. The van der Waals surface area contributed by atoms with Crippen molar-refractivity contribution in [2.45, 2.75) is 6.18 Å². The summed E-state index contributed by atoms with van der Waals surface area (Å²) in [5.74, 6) is -0.641. The number of carbonyl (C=O) groups excluding carboxylic acids is 1. The van der Waals surface area contributed by atoms with Crippen molar-refractivity contribution in [1.82, 2.24) is 0 Å². The third-order valence-corrected chi connectivity index (χ3v) is 3.44. The average Bonchev–Trinajstić information content (AvgIpc) is 2.47. The molecule has 2 aromatic carbocycles. The molecule has 0 aliphatic heterocycles. The van der Waals surface area contributed by atoms with Crippen LogP contribution in [-0.2, 0) is 11.0 Å². The van der Waals surface area contributed by atoms with Crippen LogP contribution in [0.4, 0.5) is 24.5 Å². The first-order valence-corrected chi connectivity index (χ1v) is 7.18. The third kappa shape index (κ3) is 4.77. The van der Waals surface area contributed by atoms with E-state index in [2.05, 4.69) is 10.6 Å². The molecule has 1 amide bonds. The first kappa shape index (κ1) is 17.4. The summed E-state index contributed by atoms with van der Waals surface area (Å²) in [7, 11) is 0. The number of alkyl halides is 3. The van der Waals surface area contributed by atoms with E-state index in [1.807, 2.05) is 0 Å². The van der Waals surface area contributed by atoms with E-state index in [0.717, 1.165) is 6.07 Å². The number of nitrogens with one attached hydrogen (secondary N) is 2. The van der Waals surface area contributed by atoms with Gasteiger partial charge in [-0.25, -0.2) is 0 Å². The Morgan fingerprint density at radius 1 is 1.04 bits per heavy atom. The molecule has 0 fully saturated rings. The van der Waals surface area contributed by atoms with Gasteiger partial charge in [-0.1, -0.05) is 35.3 Å². The van der Waals surface area contributed by atoms with Gasteiger partial charge in [0.15, 0.2) is 0 Å². The van der Waals surface area contributed by atoms with Crippen molar-refractivity contribution >= 4 is 40.5 Å². The van der Waals surface area contributed by atoms with Gasteiger partial charge >= 0.3 is 6.18 Å². The van der Waals surface area contributed by atoms with Gasteiger partial charge in [0, 0.05) is 5.02 Å². The lowest BCUT2D eigenvalue weighted by Gasteiger charge is -2.14. The van der Waals surface area contributed by atoms with Gasteiger partial charge in [-0.2, -0.15) is 13.2 Å². The van der Waals surface area contributed by atoms with Crippen LogP contribution >= 0.6 is 23.2 Å². The maximum atomic E-state index is 12.8. The zero-order chi connectivity index (χ0) is 17.0. The highest BCUT2D eigenvalue weighted by atomic mass is 35.5. The molecule has 0 saturated heterocycles. The molecule has 0 spiro atoms. The average molecular weight is 363 g/mol. The fraction of sp³-hybridized carbons (Fsp3) is 0.133. The summed E-state index contributed by atoms with van der Waals surface area (Å²) in [5.41, 5.74) is -0.795. The van der Waals surface area contributed by atoms with Gasteiger partial charge in [-0.3, -0.25) is 4.79 Å². The fourth-order valence-electron chi connectivity index (χ4n) is 1.84. The Kier molecular flexibility index (Phi) is 5.38. The molecule has 0 saturated carbocycles. The van der Waals surface area contributed by atoms with E-state index in [9.17, 15) is 18.0 Å². The predicted molar refractivity (Wildman–Crippen MR) is 85.0 cm³/mol. The summed E-state index contributed by atoms with van der Waals surface area (Å²) in [6.45, 7) is -0.258. The molecule has 0 atom stereocenters. The number of anilines is 2. The topological polar surface area (TPSA) is 41.1 Å². The molecule has 0 aromatic heterocycles. The van der Waals surface area contributed by atoms with E-state index >= 15 is 0 Å². The highest BCUT2D eigenvalue weighted by Gasteiger charge is 2.33. The van der Waals surface area contributed by atoms with E-state index in [-0.39, 0.29) is 12.2 Å². The SMILES string of the molecule is O=C(CNc1cc(Cl)ccc1Cl)Nc1ccccc1C(F)(F)F. The standard InChI is InChI=1S/C15H11Cl2F3N2O/c16-9-5-6-11(17)13(7-9)21-8-14(23)22-12-4-2-1-3-10(12)15(18,19)20/h1-7,21H,8H2,(H,22,23). The van der Waals surface area contributed by atoms with Gasteiger partial charge < -0.3 is 10.6 Å². The smallest absolute Gasteiger partial charge is 0.375 e. The largest absolute Gasteiger partial charge is 0.418 e. The van der Waals surface area contributed by atoms with Crippen molar-refractivity contribution in [3.05, 3.63) is 58.1 Å². The summed E-state index contributed by atoms with van der Waals surface area (Å²) in [4.78, 5) is 11.8. The molecule has 0 unspecified atom stereocenters. The summed E-state index contributed by atoms with van der Waals surface area (Å²) < 4.78 is 38.5. The second-order valence-electron chi connectivity index (χ2n) is 4.57. The molecule has 0 heterocycles. The molecule has 3 nitrogen and oxygen atoms in total. The second kappa shape index (κ2) is 7.10. The van der Waals surface area contributed by atoms with E-state index in [4.69, 9.17) is 23.2 Å². The number of hydrogen-bond donors (Lipinski definition) is 2. The third-order valence-electron chi connectivity index (χ3n) is 2.87. The first-order valence-electron chi connectivity index (χ1n) is 6.42. The fourth-order valence-corrected chi connectivity index (χ4v) is 2.20. The number of halogens is 5. The van der Waals surface area contributed by atoms with E-state index in [1.54, 1.807) is 12.1 Å². The van der Waals surface area contributed by atoms with Gasteiger partial charge in [0.05, 0.1) is 28.5 Å². The van der Waals surface area contributed by atoms with Crippen molar-refractivity contribution in [3.63, 3.8) is 0 Å². The van der Waals surface area contributed by atoms with Crippen LogP contribution < -0.4 is 10.6 Å². The minimum absolute atomic E-state index is 0.258. The van der Waals surface area contributed by atoms with Gasteiger partial charge in [0.1, 0.15) is 0 Å². The number of rotatable bonds is 4. The maximum Gasteiger partial charge on any atom is 0.418 e. The van der Waals surface area contributed by atoms with Crippen LogP contribution in [0, 0.1) is 0 Å². The Morgan fingerprint density at radius 3 is 2.43 bits per heavy atom. The minimum Gasteiger partial charge on any atom is -0.375 e. The molecule has 0 bridgehead atoms. The Labute approximate surface area is 140 Å². The van der Waals surface area contributed by atoms with Crippen LogP contribution in [0.15, 0.2) is 42.5 Å². The van der Waals surface area contributed by atoms with Crippen LogP contribution in [0.3, 0.4) is 0 Å². The molecule has 8 heteroatoms. The number of hydrogen-bond acceptors (Lipinski definition) is 2. The highest BCUT2D eigenvalue weighted by molar-refractivity contribution is 6.35. The Hall–Kier alpha value is -1.92. The number of carbonyl (C=O) groups is 1. The van der Waals surface area contributed by atoms with Gasteiger partial charge in [-0.15, -0.1) is 0 Å². The monoisotopic (exact) mass is 362 g/mol. The molecule has 0 aliphatic rings. The molecule has 0 aliphatic carbocycles. The lowest BCUT2D eigenvalue weighted by atomic mass is 10.1. The Balaban J connectivity index is 2.05. The zero-order valence-electron chi connectivity index (χ0n) is 11.5. The van der Waals surface area contributed by atoms with Crippen LogP contribution in [0.1, 0.15) is 5.56 Å². The minimum atomic E-state index is -4.55. The van der Waals surface area contributed by atoms with Crippen molar-refractivity contribution in [1.29, 1.82) is 0 Å². The molecular formula is C15H11Cl2F3N2O. The lowest BCUT2D eigenvalue weighted by molar-refractivity contribution is -0.137. The van der Waals surface area contributed by atoms with E-state index in [1.165, 1.54) is 24.3 Å². The van der Waals surface area contributed by atoms with E-state index in [0.29, 0.717) is 15.7 Å². The highest BCUT2D eigenvalue weighted by Crippen LogP contribution is 2.34. The normalized spacial score (nSPS) is 11.2. The number of amides is 1. The molecule has 0 radical (unpaired) electrons. The van der Waals surface area contributed by atoms with E-state index < -0.39 is 17.6 Å². The number of para-hydroxylation sites is 1. The summed E-state index contributed by atoms with van der Waals surface area (Å²) in [6, 6.07) is 9.39. The van der Waals surface area contributed by atoms with Crippen molar-refractivity contribution in [2.75, 3.05) is 17.2 Å². The van der Waals surface area contributed by atoms with Crippen molar-refractivity contribution < 1.29 is 18.0 Å². The van der Waals surface area contributed by atoms with Crippen LogP contribution in [0.25, 0.3) is 0 Å². The molecule has 122 valence electrons. The van der Waals surface area contributed by atoms with Gasteiger partial charge in [0.2, 0.25) is 5.91 Å². The van der Waals surface area contributed by atoms with Crippen LogP contribution in [-0.4, -0.2) is 12.5 Å². The van der Waals surface area contributed by atoms with Crippen molar-refractivity contribution in [2.24, 2.45) is 0 Å². The quantitative estimate of drug-likeness (QED) is 0.797. The van der Waals surface area contributed by atoms with Gasteiger partial charge in [0.25, 0.3) is 0 Å². The molecule has 23 heavy (non-hydrogen) atoms. The van der Waals surface area contributed by atoms with Gasteiger partial charge in [-0.05, 0) is 30.3 Å². The summed E-state index contributed by atoms with van der Waals surface area (Å²) in [5, 5.41) is 5.71. The summed E-state index contributed by atoms with van der Waals surface area (Å²) in [6.07, 6.45) is -4.55. The lowest BCUT2D eigenvalue weighted by Crippen LogP contribution is -2.23. The van der Waals surface area contributed by atoms with Crippen molar-refractivity contribution in [3.8, 4) is 0 Å². The predicted octanol–water partition coefficient (Wildman–Crippen LogP) is 5.06. The maximum absolute atomic E-state index is 12.8. The Bertz CT molecular complexity index is 720. The molecule has 2 N–H and O–H groups in total. The van der Waals surface area contributed by atoms with Crippen LogP contribution in [0.5, 0.6) is 0 Å². The first-order chi connectivity index (χ1) is 10.8. The zero-order valence-corrected chi connectivity index (χ0v) is 13.1. The second-order valence-corrected chi connectivity index (χ2v) is 5.41. The molecule has 2 rings (SSSR count). The summed E-state index contributed by atoms with van der Waals surface area (Å²) >= 11 is 11.7.